The van der Waals surface area contributed by atoms with Crippen molar-refractivity contribution < 1.29 is 14.6 Å². The van der Waals surface area contributed by atoms with Crippen LogP contribution in [0.25, 0.3) is 0 Å². The number of aliphatic hydroxyl groups is 1. The van der Waals surface area contributed by atoms with Crippen LogP contribution >= 0.6 is 0 Å². The summed E-state index contributed by atoms with van der Waals surface area (Å²) < 4.78 is 5.92. The smallest absolute Gasteiger partial charge is 0.127 e. The van der Waals surface area contributed by atoms with E-state index in [1.54, 1.807) is 0 Å². The van der Waals surface area contributed by atoms with Crippen LogP contribution in [0.3, 0.4) is 0 Å². The van der Waals surface area contributed by atoms with E-state index in [2.05, 4.69) is 6.92 Å². The van der Waals surface area contributed by atoms with Crippen LogP contribution in [-0.4, -0.2) is 11.4 Å². The van der Waals surface area contributed by atoms with Gasteiger partial charge in [0.05, 0.1) is 5.60 Å². The number of carbonyl (C=O) groups excluding carboxylic acids is 1. The molecule has 0 spiro atoms. The summed E-state index contributed by atoms with van der Waals surface area (Å²) in [5.74, 6) is 1.55. The number of aldehydes is 1. The molecule has 0 saturated heterocycles. The Morgan fingerprint density at radius 1 is 1.00 bits per heavy atom. The zero-order valence-electron chi connectivity index (χ0n) is 15.5. The van der Waals surface area contributed by atoms with E-state index in [9.17, 15) is 9.90 Å². The summed E-state index contributed by atoms with van der Waals surface area (Å²) in [6.45, 7) is 2.28. The molecule has 1 fully saturated rings. The molecule has 0 heterocycles. The van der Waals surface area contributed by atoms with Gasteiger partial charge in [-0.2, -0.15) is 0 Å². The van der Waals surface area contributed by atoms with Crippen LogP contribution in [0.1, 0.15) is 57.4 Å². The first kappa shape index (κ1) is 18.7. The van der Waals surface area contributed by atoms with Crippen molar-refractivity contribution in [2.24, 2.45) is 5.41 Å². The zero-order chi connectivity index (χ0) is 18.5. The summed E-state index contributed by atoms with van der Waals surface area (Å²) in [7, 11) is 0. The lowest BCUT2D eigenvalue weighted by Gasteiger charge is -2.42. The normalized spacial score (nSPS) is 25.6. The number of para-hydroxylation sites is 1. The highest BCUT2D eigenvalue weighted by atomic mass is 16.5. The molecular weight excluding hydrogens is 324 g/mol. The summed E-state index contributed by atoms with van der Waals surface area (Å²) in [5, 5.41) is 11.2. The Bertz CT molecular complexity index is 715. The van der Waals surface area contributed by atoms with Crippen molar-refractivity contribution in [3.05, 3.63) is 60.2 Å². The Morgan fingerprint density at radius 2 is 1.69 bits per heavy atom. The maximum Gasteiger partial charge on any atom is 0.127 e. The molecule has 3 rings (SSSR count). The third kappa shape index (κ3) is 4.53. The number of unbranched alkanes of at least 4 members (excludes halogenated alkanes) is 1. The van der Waals surface area contributed by atoms with E-state index < -0.39 is 5.60 Å². The summed E-state index contributed by atoms with van der Waals surface area (Å²) in [6.07, 6.45) is 7.09. The number of benzene rings is 2. The van der Waals surface area contributed by atoms with Gasteiger partial charge in [-0.1, -0.05) is 37.3 Å². The molecule has 3 heteroatoms. The standard InChI is InChI=1S/C23H28O3/c1-22(12-5-6-17-24)13-15-23(25,16-14-22)19-8-7-11-21(18-19)26-20-9-3-2-4-10-20/h2-4,7-11,17-18,25H,5-6,12-16H2,1H3. The molecule has 0 bridgehead atoms. The van der Waals surface area contributed by atoms with Crippen LogP contribution in [-0.2, 0) is 10.4 Å². The van der Waals surface area contributed by atoms with E-state index in [1.807, 2.05) is 54.6 Å². The molecule has 138 valence electrons. The van der Waals surface area contributed by atoms with Crippen molar-refractivity contribution in [2.45, 2.75) is 57.5 Å². The highest BCUT2D eigenvalue weighted by Crippen LogP contribution is 2.48. The van der Waals surface area contributed by atoms with Gasteiger partial charge in [0.15, 0.2) is 0 Å². The number of carbonyl (C=O) groups is 1. The fraction of sp³-hybridized carbons (Fsp3) is 0.435. The Morgan fingerprint density at radius 3 is 2.38 bits per heavy atom. The summed E-state index contributed by atoms with van der Waals surface area (Å²) >= 11 is 0. The SMILES string of the molecule is CC1(CCCC=O)CCC(O)(c2cccc(Oc3ccccc3)c2)CC1. The fourth-order valence-corrected chi connectivity index (χ4v) is 3.89. The largest absolute Gasteiger partial charge is 0.457 e. The first-order valence-electron chi connectivity index (χ1n) is 9.53. The van der Waals surface area contributed by atoms with Crippen molar-refractivity contribution in [1.29, 1.82) is 0 Å². The molecular formula is C23H28O3. The molecule has 0 unspecified atom stereocenters. The monoisotopic (exact) mass is 352 g/mol. The average Bonchev–Trinajstić information content (AvgIpc) is 2.66. The minimum atomic E-state index is -0.791. The number of hydrogen-bond acceptors (Lipinski definition) is 3. The van der Waals surface area contributed by atoms with Gasteiger partial charge in [0, 0.05) is 6.42 Å². The molecule has 0 aromatic heterocycles. The first-order chi connectivity index (χ1) is 12.5. The Kier molecular flexibility index (Phi) is 5.77. The van der Waals surface area contributed by atoms with E-state index in [1.165, 1.54) is 0 Å². The highest BCUT2D eigenvalue weighted by molar-refractivity contribution is 5.49. The maximum atomic E-state index is 11.2. The zero-order valence-corrected chi connectivity index (χ0v) is 15.5. The Labute approximate surface area is 156 Å². The third-order valence-corrected chi connectivity index (χ3v) is 5.74. The topological polar surface area (TPSA) is 46.5 Å². The summed E-state index contributed by atoms with van der Waals surface area (Å²) in [5.41, 5.74) is 0.369. The van der Waals surface area contributed by atoms with Crippen molar-refractivity contribution in [2.75, 3.05) is 0 Å². The highest BCUT2D eigenvalue weighted by Gasteiger charge is 2.39. The Hall–Kier alpha value is -2.13. The lowest BCUT2D eigenvalue weighted by Crippen LogP contribution is -2.35. The van der Waals surface area contributed by atoms with E-state index in [0.29, 0.717) is 6.42 Å². The fourth-order valence-electron chi connectivity index (χ4n) is 3.89. The molecule has 1 N–H and O–H groups in total. The predicted octanol–water partition coefficient (Wildman–Crippen LogP) is 5.62. The Balaban J connectivity index is 1.67. The predicted molar refractivity (Wildman–Crippen MR) is 103 cm³/mol. The van der Waals surface area contributed by atoms with Crippen LogP contribution in [0.15, 0.2) is 54.6 Å². The minimum Gasteiger partial charge on any atom is -0.457 e. The van der Waals surface area contributed by atoms with Crippen molar-refractivity contribution in [3.8, 4) is 11.5 Å². The molecule has 0 atom stereocenters. The number of rotatable bonds is 7. The minimum absolute atomic E-state index is 0.230. The van der Waals surface area contributed by atoms with Crippen LogP contribution in [0.4, 0.5) is 0 Å². The summed E-state index contributed by atoms with van der Waals surface area (Å²) in [4.78, 5) is 10.6. The van der Waals surface area contributed by atoms with Crippen LogP contribution < -0.4 is 4.74 Å². The molecule has 2 aromatic rings. The number of ether oxygens (including phenoxy) is 1. The van der Waals surface area contributed by atoms with E-state index in [-0.39, 0.29) is 5.41 Å². The van der Waals surface area contributed by atoms with Crippen molar-refractivity contribution >= 4 is 6.29 Å². The molecule has 0 radical (unpaired) electrons. The molecule has 1 aliphatic rings. The van der Waals surface area contributed by atoms with Gasteiger partial charge in [0.1, 0.15) is 17.8 Å². The van der Waals surface area contributed by atoms with Gasteiger partial charge in [-0.05, 0) is 73.8 Å². The molecule has 26 heavy (non-hydrogen) atoms. The average molecular weight is 352 g/mol. The van der Waals surface area contributed by atoms with Crippen LogP contribution in [0, 0.1) is 5.41 Å². The molecule has 2 aromatic carbocycles. The number of hydrogen-bond donors (Lipinski definition) is 1. The van der Waals surface area contributed by atoms with Gasteiger partial charge >= 0.3 is 0 Å². The van der Waals surface area contributed by atoms with Gasteiger partial charge in [-0.25, -0.2) is 0 Å². The van der Waals surface area contributed by atoms with Crippen LogP contribution in [0.5, 0.6) is 11.5 Å². The van der Waals surface area contributed by atoms with E-state index in [4.69, 9.17) is 4.74 Å². The quantitative estimate of drug-likeness (QED) is 0.520. The second-order valence-electron chi connectivity index (χ2n) is 7.84. The van der Waals surface area contributed by atoms with Gasteiger partial charge in [0.25, 0.3) is 0 Å². The van der Waals surface area contributed by atoms with Gasteiger partial charge in [0.2, 0.25) is 0 Å². The maximum absolute atomic E-state index is 11.2. The molecule has 0 amide bonds. The molecule has 3 nitrogen and oxygen atoms in total. The van der Waals surface area contributed by atoms with Gasteiger partial charge < -0.3 is 14.6 Å². The second-order valence-corrected chi connectivity index (χ2v) is 7.84. The van der Waals surface area contributed by atoms with Gasteiger partial charge in [-0.15, -0.1) is 0 Å². The molecule has 1 aliphatic carbocycles. The summed E-state index contributed by atoms with van der Waals surface area (Å²) in [6, 6.07) is 17.5. The van der Waals surface area contributed by atoms with Crippen LogP contribution in [0.2, 0.25) is 0 Å². The van der Waals surface area contributed by atoms with Crippen molar-refractivity contribution in [3.63, 3.8) is 0 Å². The van der Waals surface area contributed by atoms with E-state index >= 15 is 0 Å². The third-order valence-electron chi connectivity index (χ3n) is 5.74. The second kappa shape index (κ2) is 8.05. The van der Waals surface area contributed by atoms with Gasteiger partial charge in [-0.3, -0.25) is 0 Å². The lowest BCUT2D eigenvalue weighted by molar-refractivity contribution is -0.108. The molecule has 1 saturated carbocycles. The first-order valence-corrected chi connectivity index (χ1v) is 9.53. The van der Waals surface area contributed by atoms with E-state index in [0.717, 1.165) is 61.9 Å². The molecule has 0 aliphatic heterocycles. The lowest BCUT2D eigenvalue weighted by atomic mass is 9.66. The van der Waals surface area contributed by atoms with Crippen molar-refractivity contribution in [1.82, 2.24) is 0 Å².